The maximum absolute atomic E-state index is 12.3. The summed E-state index contributed by atoms with van der Waals surface area (Å²) < 4.78 is 10.9. The fourth-order valence-electron chi connectivity index (χ4n) is 1.99. The summed E-state index contributed by atoms with van der Waals surface area (Å²) in [7, 11) is 1.55. The third-order valence-electron chi connectivity index (χ3n) is 2.79. The van der Waals surface area contributed by atoms with Gasteiger partial charge in [-0.2, -0.15) is 0 Å². The lowest BCUT2D eigenvalue weighted by atomic mass is 10.1. The second-order valence-electron chi connectivity index (χ2n) is 3.76. The highest BCUT2D eigenvalue weighted by atomic mass is 16.5. The zero-order valence-electron chi connectivity index (χ0n) is 9.27. The topological polar surface area (TPSA) is 39.4 Å². The van der Waals surface area contributed by atoms with Crippen LogP contribution in [0.25, 0.3) is 21.9 Å². The van der Waals surface area contributed by atoms with Crippen molar-refractivity contribution in [3.63, 3.8) is 0 Å². The molecule has 17 heavy (non-hydrogen) atoms. The predicted octanol–water partition coefficient (Wildman–Crippen LogP) is 2.95. The van der Waals surface area contributed by atoms with E-state index in [0.717, 1.165) is 0 Å². The molecule has 0 unspecified atom stereocenters. The van der Waals surface area contributed by atoms with Crippen molar-refractivity contribution in [3.05, 3.63) is 52.7 Å². The maximum Gasteiger partial charge on any atom is 0.204 e. The first-order chi connectivity index (χ1) is 8.31. The highest BCUT2D eigenvalue weighted by molar-refractivity contribution is 5.93. The average Bonchev–Trinajstić information content (AvgIpc) is 2.38. The third kappa shape index (κ3) is 1.40. The standard InChI is InChI=1S/C14H10O3/c1-16-11-7-4-8-12-13(11)14(15)9-5-2-3-6-10(9)17-12/h2-8H,1H3. The number of benzene rings is 2. The third-order valence-corrected chi connectivity index (χ3v) is 2.79. The zero-order valence-corrected chi connectivity index (χ0v) is 9.27. The second-order valence-corrected chi connectivity index (χ2v) is 3.76. The van der Waals surface area contributed by atoms with Crippen molar-refractivity contribution >= 4 is 21.9 Å². The van der Waals surface area contributed by atoms with Crippen molar-refractivity contribution in [3.8, 4) is 5.75 Å². The molecule has 0 aliphatic rings. The molecule has 0 radical (unpaired) electrons. The molecule has 0 N–H and O–H groups in total. The molecule has 1 heterocycles. The van der Waals surface area contributed by atoms with Crippen LogP contribution in [0, 0.1) is 0 Å². The summed E-state index contributed by atoms with van der Waals surface area (Å²) in [5.74, 6) is 0.544. The Hall–Kier alpha value is -2.29. The van der Waals surface area contributed by atoms with E-state index in [1.54, 1.807) is 37.4 Å². The largest absolute Gasteiger partial charge is 0.496 e. The minimum absolute atomic E-state index is 0.0562. The molecule has 2 aromatic carbocycles. The van der Waals surface area contributed by atoms with E-state index in [1.807, 2.05) is 12.1 Å². The molecule has 0 saturated carbocycles. The van der Waals surface area contributed by atoms with E-state index in [9.17, 15) is 4.79 Å². The Labute approximate surface area is 97.2 Å². The van der Waals surface area contributed by atoms with Crippen LogP contribution in [0.1, 0.15) is 0 Å². The van der Waals surface area contributed by atoms with Crippen LogP contribution < -0.4 is 10.2 Å². The predicted molar refractivity (Wildman–Crippen MR) is 66.5 cm³/mol. The summed E-state index contributed by atoms with van der Waals surface area (Å²) in [6, 6.07) is 12.5. The van der Waals surface area contributed by atoms with Crippen LogP contribution in [0.2, 0.25) is 0 Å². The molecule has 84 valence electrons. The normalized spacial score (nSPS) is 10.9. The monoisotopic (exact) mass is 226 g/mol. The summed E-state index contributed by atoms with van der Waals surface area (Å²) in [5.41, 5.74) is 1.09. The van der Waals surface area contributed by atoms with E-state index in [4.69, 9.17) is 9.15 Å². The van der Waals surface area contributed by atoms with Gasteiger partial charge in [0.05, 0.1) is 12.5 Å². The molecule has 0 aliphatic heterocycles. The molecule has 3 aromatic rings. The van der Waals surface area contributed by atoms with Gasteiger partial charge in [-0.25, -0.2) is 0 Å². The fourth-order valence-corrected chi connectivity index (χ4v) is 1.99. The number of methoxy groups -OCH3 is 1. The Morgan fingerprint density at radius 2 is 1.76 bits per heavy atom. The Kier molecular flexibility index (Phi) is 2.11. The van der Waals surface area contributed by atoms with E-state index in [1.165, 1.54) is 0 Å². The number of fused-ring (bicyclic) bond motifs is 2. The molecule has 3 nitrogen and oxygen atoms in total. The van der Waals surface area contributed by atoms with Crippen LogP contribution >= 0.6 is 0 Å². The van der Waals surface area contributed by atoms with E-state index in [2.05, 4.69) is 0 Å². The van der Waals surface area contributed by atoms with Gasteiger partial charge in [-0.15, -0.1) is 0 Å². The molecule has 3 rings (SSSR count). The minimum Gasteiger partial charge on any atom is -0.496 e. The molecule has 1 aromatic heterocycles. The summed E-state index contributed by atoms with van der Waals surface area (Å²) in [4.78, 5) is 12.3. The first-order valence-corrected chi connectivity index (χ1v) is 5.30. The van der Waals surface area contributed by atoms with E-state index in [0.29, 0.717) is 27.7 Å². The Morgan fingerprint density at radius 1 is 1.00 bits per heavy atom. The Bertz CT molecular complexity index is 756. The number of hydrogen-bond donors (Lipinski definition) is 0. The molecular weight excluding hydrogens is 216 g/mol. The van der Waals surface area contributed by atoms with Gasteiger partial charge in [0.2, 0.25) is 5.43 Å². The van der Waals surface area contributed by atoms with Gasteiger partial charge in [-0.3, -0.25) is 4.79 Å². The van der Waals surface area contributed by atoms with Gasteiger partial charge in [-0.1, -0.05) is 18.2 Å². The SMILES string of the molecule is COc1cccc2oc3ccccc3c(=O)c12. The maximum atomic E-state index is 12.3. The zero-order chi connectivity index (χ0) is 11.8. The molecule has 0 amide bonds. The molecule has 3 heteroatoms. The van der Waals surface area contributed by atoms with Gasteiger partial charge in [-0.05, 0) is 24.3 Å². The van der Waals surface area contributed by atoms with E-state index >= 15 is 0 Å². The van der Waals surface area contributed by atoms with Crippen molar-refractivity contribution in [1.82, 2.24) is 0 Å². The molecule has 0 atom stereocenters. The van der Waals surface area contributed by atoms with Crippen LogP contribution in [0.15, 0.2) is 51.7 Å². The Balaban J connectivity index is 2.60. The number of para-hydroxylation sites is 1. The van der Waals surface area contributed by atoms with Crippen LogP contribution in [-0.4, -0.2) is 7.11 Å². The van der Waals surface area contributed by atoms with Crippen molar-refractivity contribution in [2.45, 2.75) is 0 Å². The van der Waals surface area contributed by atoms with Gasteiger partial charge in [0, 0.05) is 0 Å². The van der Waals surface area contributed by atoms with E-state index < -0.39 is 0 Å². The molecule has 0 bridgehead atoms. The highest BCUT2D eigenvalue weighted by Crippen LogP contribution is 2.25. The van der Waals surface area contributed by atoms with Crippen LogP contribution in [-0.2, 0) is 0 Å². The van der Waals surface area contributed by atoms with Crippen molar-refractivity contribution < 1.29 is 9.15 Å². The number of rotatable bonds is 1. The summed E-state index contributed by atoms with van der Waals surface area (Å²) >= 11 is 0. The van der Waals surface area contributed by atoms with Crippen molar-refractivity contribution in [2.75, 3.05) is 7.11 Å². The van der Waals surface area contributed by atoms with E-state index in [-0.39, 0.29) is 5.43 Å². The van der Waals surface area contributed by atoms with Crippen LogP contribution in [0.3, 0.4) is 0 Å². The smallest absolute Gasteiger partial charge is 0.204 e. The van der Waals surface area contributed by atoms with Gasteiger partial charge in [0.1, 0.15) is 22.3 Å². The van der Waals surface area contributed by atoms with Crippen LogP contribution in [0.4, 0.5) is 0 Å². The molecule has 0 spiro atoms. The summed E-state index contributed by atoms with van der Waals surface area (Å²) in [5, 5.41) is 1.07. The Morgan fingerprint density at radius 3 is 2.59 bits per heavy atom. The fraction of sp³-hybridized carbons (Fsp3) is 0.0714. The van der Waals surface area contributed by atoms with Crippen LogP contribution in [0.5, 0.6) is 5.75 Å². The van der Waals surface area contributed by atoms with Crippen molar-refractivity contribution in [2.24, 2.45) is 0 Å². The van der Waals surface area contributed by atoms with Gasteiger partial charge >= 0.3 is 0 Å². The number of hydrogen-bond acceptors (Lipinski definition) is 3. The minimum atomic E-state index is -0.0562. The van der Waals surface area contributed by atoms with Gasteiger partial charge in [0.25, 0.3) is 0 Å². The first kappa shape index (κ1) is 9.90. The lowest BCUT2D eigenvalue weighted by Crippen LogP contribution is -2.03. The summed E-state index contributed by atoms with van der Waals surface area (Å²) in [6.07, 6.45) is 0. The van der Waals surface area contributed by atoms with Gasteiger partial charge in [0.15, 0.2) is 0 Å². The molecule has 0 saturated heterocycles. The highest BCUT2D eigenvalue weighted by Gasteiger charge is 2.10. The molecule has 0 aliphatic carbocycles. The lowest BCUT2D eigenvalue weighted by Gasteiger charge is -2.05. The quantitative estimate of drug-likeness (QED) is 0.599. The first-order valence-electron chi connectivity index (χ1n) is 5.30. The average molecular weight is 226 g/mol. The van der Waals surface area contributed by atoms with Crippen molar-refractivity contribution in [1.29, 1.82) is 0 Å². The second kappa shape index (κ2) is 3.63. The lowest BCUT2D eigenvalue weighted by molar-refractivity contribution is 0.419. The van der Waals surface area contributed by atoms with Gasteiger partial charge < -0.3 is 9.15 Å². The summed E-state index contributed by atoms with van der Waals surface area (Å²) in [6.45, 7) is 0. The molecular formula is C14H10O3. The molecule has 0 fully saturated rings. The number of ether oxygens (including phenoxy) is 1.